The molecule has 2 unspecified atom stereocenters. The van der Waals surface area contributed by atoms with Crippen molar-refractivity contribution < 1.29 is 0 Å². The first-order chi connectivity index (χ1) is 10.2. The topological polar surface area (TPSA) is 15.3 Å². The minimum absolute atomic E-state index is 0.423. The number of nitrogens with zero attached hydrogens (tertiary/aromatic N) is 1. The highest BCUT2D eigenvalue weighted by Crippen LogP contribution is 2.23. The summed E-state index contributed by atoms with van der Waals surface area (Å²) in [7, 11) is 0. The lowest BCUT2D eigenvalue weighted by atomic mass is 10.0. The molecular weight excluding hydrogens is 280 g/mol. The first-order valence-electron chi connectivity index (χ1n) is 8.46. The molecular formula is C18H29ClN2. The highest BCUT2D eigenvalue weighted by Gasteiger charge is 2.19. The number of nitrogens with one attached hydrogen (secondary N) is 1. The molecule has 1 aromatic rings. The summed E-state index contributed by atoms with van der Waals surface area (Å²) < 4.78 is 0. The van der Waals surface area contributed by atoms with E-state index in [1.807, 2.05) is 6.07 Å². The monoisotopic (exact) mass is 308 g/mol. The second-order valence-electron chi connectivity index (χ2n) is 6.15. The van der Waals surface area contributed by atoms with Crippen molar-refractivity contribution in [1.29, 1.82) is 0 Å². The van der Waals surface area contributed by atoms with Crippen molar-refractivity contribution >= 4 is 11.6 Å². The van der Waals surface area contributed by atoms with Gasteiger partial charge in [0, 0.05) is 17.1 Å². The van der Waals surface area contributed by atoms with Gasteiger partial charge < -0.3 is 10.2 Å². The summed E-state index contributed by atoms with van der Waals surface area (Å²) in [5.41, 5.74) is 1.32. The Morgan fingerprint density at radius 1 is 1.29 bits per heavy atom. The Morgan fingerprint density at radius 3 is 2.86 bits per heavy atom. The Balaban J connectivity index is 1.92. The van der Waals surface area contributed by atoms with Crippen molar-refractivity contribution in [2.45, 2.75) is 58.0 Å². The number of benzene rings is 1. The zero-order chi connectivity index (χ0) is 15.1. The molecule has 1 heterocycles. The van der Waals surface area contributed by atoms with Crippen LogP contribution in [0, 0.1) is 0 Å². The van der Waals surface area contributed by atoms with E-state index in [9.17, 15) is 0 Å². The number of hydrogen-bond donors (Lipinski definition) is 1. The highest BCUT2D eigenvalue weighted by molar-refractivity contribution is 6.30. The van der Waals surface area contributed by atoms with Gasteiger partial charge in [0.2, 0.25) is 0 Å². The van der Waals surface area contributed by atoms with Crippen molar-refractivity contribution in [2.75, 3.05) is 19.6 Å². The van der Waals surface area contributed by atoms with Crippen molar-refractivity contribution in [3.8, 4) is 0 Å². The molecule has 2 atom stereocenters. The Hall–Kier alpha value is -0.570. The molecule has 1 fully saturated rings. The van der Waals surface area contributed by atoms with Gasteiger partial charge >= 0.3 is 0 Å². The summed E-state index contributed by atoms with van der Waals surface area (Å²) in [4.78, 5) is 2.61. The Bertz CT molecular complexity index is 421. The fourth-order valence-electron chi connectivity index (χ4n) is 3.32. The third-order valence-electron chi connectivity index (χ3n) is 4.46. The molecule has 1 aromatic carbocycles. The zero-order valence-corrected chi connectivity index (χ0v) is 14.2. The summed E-state index contributed by atoms with van der Waals surface area (Å²) >= 11 is 6.13. The molecule has 0 radical (unpaired) electrons. The van der Waals surface area contributed by atoms with Gasteiger partial charge in [0.1, 0.15) is 0 Å². The predicted octanol–water partition coefficient (Wildman–Crippen LogP) is 4.65. The van der Waals surface area contributed by atoms with Gasteiger partial charge in [-0.15, -0.1) is 0 Å². The fourth-order valence-corrected chi connectivity index (χ4v) is 3.52. The van der Waals surface area contributed by atoms with E-state index in [2.05, 4.69) is 42.3 Å². The quantitative estimate of drug-likeness (QED) is 0.823. The smallest absolute Gasteiger partial charge is 0.0409 e. The van der Waals surface area contributed by atoms with Crippen LogP contribution in [0.1, 0.15) is 57.6 Å². The van der Waals surface area contributed by atoms with Crippen molar-refractivity contribution in [1.82, 2.24) is 10.2 Å². The van der Waals surface area contributed by atoms with E-state index >= 15 is 0 Å². The van der Waals surface area contributed by atoms with Gasteiger partial charge in [-0.3, -0.25) is 0 Å². The second kappa shape index (κ2) is 8.77. The SMILES string of the molecule is CCCN1CCCC(NC(CC)c2cccc(Cl)c2)CC1. The van der Waals surface area contributed by atoms with E-state index in [4.69, 9.17) is 11.6 Å². The molecule has 0 amide bonds. The number of likely N-dealkylation sites (tertiary alicyclic amines) is 1. The molecule has 3 heteroatoms. The molecule has 2 nitrogen and oxygen atoms in total. The average Bonchev–Trinajstić information content (AvgIpc) is 2.70. The van der Waals surface area contributed by atoms with Gasteiger partial charge in [-0.1, -0.05) is 37.6 Å². The van der Waals surface area contributed by atoms with Crippen LogP contribution >= 0.6 is 11.6 Å². The van der Waals surface area contributed by atoms with Crippen LogP contribution < -0.4 is 5.32 Å². The molecule has 0 saturated carbocycles. The number of rotatable bonds is 6. The predicted molar refractivity (Wildman–Crippen MR) is 92.0 cm³/mol. The zero-order valence-electron chi connectivity index (χ0n) is 13.4. The maximum Gasteiger partial charge on any atom is 0.0409 e. The van der Waals surface area contributed by atoms with Crippen LogP contribution in [0.2, 0.25) is 5.02 Å². The van der Waals surface area contributed by atoms with Gasteiger partial charge in [0.05, 0.1) is 0 Å². The molecule has 1 aliphatic heterocycles. The summed E-state index contributed by atoms with van der Waals surface area (Å²) in [6, 6.07) is 9.35. The van der Waals surface area contributed by atoms with E-state index in [-0.39, 0.29) is 0 Å². The molecule has 0 bridgehead atoms. The first kappa shape index (κ1) is 16.8. The fraction of sp³-hybridized carbons (Fsp3) is 0.667. The van der Waals surface area contributed by atoms with Gasteiger partial charge in [0.25, 0.3) is 0 Å². The summed E-state index contributed by atoms with van der Waals surface area (Å²) in [5, 5.41) is 4.70. The van der Waals surface area contributed by atoms with Gasteiger partial charge in [0.15, 0.2) is 0 Å². The standard InChI is InChI=1S/C18H29ClN2/c1-3-11-21-12-6-9-17(10-13-21)20-18(4-2)15-7-5-8-16(19)14-15/h5,7-8,14,17-18,20H,3-4,6,9-13H2,1-2H3. The molecule has 21 heavy (non-hydrogen) atoms. The lowest BCUT2D eigenvalue weighted by molar-refractivity contribution is 0.281. The molecule has 2 rings (SSSR count). The summed E-state index contributed by atoms with van der Waals surface area (Å²) in [6.07, 6.45) is 6.23. The summed E-state index contributed by atoms with van der Waals surface area (Å²) in [6.45, 7) is 8.27. The molecule has 0 spiro atoms. The van der Waals surface area contributed by atoms with Crippen LogP contribution in [-0.2, 0) is 0 Å². The number of hydrogen-bond acceptors (Lipinski definition) is 2. The van der Waals surface area contributed by atoms with Crippen LogP contribution in [-0.4, -0.2) is 30.6 Å². The Kier molecular flexibility index (Phi) is 7.01. The first-order valence-corrected chi connectivity index (χ1v) is 8.84. The lowest BCUT2D eigenvalue weighted by Crippen LogP contribution is -2.34. The average molecular weight is 309 g/mol. The van der Waals surface area contributed by atoms with Crippen molar-refractivity contribution in [3.05, 3.63) is 34.9 Å². The van der Waals surface area contributed by atoms with E-state index in [1.165, 1.54) is 50.9 Å². The molecule has 0 aromatic heterocycles. The van der Waals surface area contributed by atoms with Crippen LogP contribution in [0.5, 0.6) is 0 Å². The van der Waals surface area contributed by atoms with Crippen LogP contribution in [0.15, 0.2) is 24.3 Å². The third-order valence-corrected chi connectivity index (χ3v) is 4.69. The molecule has 1 aliphatic rings. The minimum Gasteiger partial charge on any atom is -0.307 e. The van der Waals surface area contributed by atoms with Gasteiger partial charge in [-0.2, -0.15) is 0 Å². The van der Waals surface area contributed by atoms with Crippen molar-refractivity contribution in [3.63, 3.8) is 0 Å². The maximum atomic E-state index is 6.13. The van der Waals surface area contributed by atoms with Crippen LogP contribution in [0.3, 0.4) is 0 Å². The Morgan fingerprint density at radius 2 is 2.14 bits per heavy atom. The molecule has 0 aliphatic carbocycles. The second-order valence-corrected chi connectivity index (χ2v) is 6.59. The van der Waals surface area contributed by atoms with Gasteiger partial charge in [-0.05, 0) is 69.4 Å². The maximum absolute atomic E-state index is 6.13. The summed E-state index contributed by atoms with van der Waals surface area (Å²) in [5.74, 6) is 0. The van der Waals surface area contributed by atoms with Crippen molar-refractivity contribution in [2.24, 2.45) is 0 Å². The molecule has 118 valence electrons. The Labute approximate surface area is 134 Å². The van der Waals surface area contributed by atoms with Crippen LogP contribution in [0.25, 0.3) is 0 Å². The highest BCUT2D eigenvalue weighted by atomic mass is 35.5. The minimum atomic E-state index is 0.423. The van der Waals surface area contributed by atoms with E-state index in [1.54, 1.807) is 0 Å². The van der Waals surface area contributed by atoms with E-state index in [0.29, 0.717) is 12.1 Å². The largest absolute Gasteiger partial charge is 0.307 e. The van der Waals surface area contributed by atoms with E-state index in [0.717, 1.165) is 11.4 Å². The molecule has 1 N–H and O–H groups in total. The third kappa shape index (κ3) is 5.28. The van der Waals surface area contributed by atoms with Gasteiger partial charge in [-0.25, -0.2) is 0 Å². The normalized spacial score (nSPS) is 22.0. The molecule has 1 saturated heterocycles. The van der Waals surface area contributed by atoms with Crippen LogP contribution in [0.4, 0.5) is 0 Å². The number of halogens is 1. The van der Waals surface area contributed by atoms with E-state index < -0.39 is 0 Å². The lowest BCUT2D eigenvalue weighted by Gasteiger charge is -2.25.